The average Bonchev–Trinajstić information content (AvgIpc) is 2.95. The van der Waals surface area contributed by atoms with Crippen LogP contribution >= 0.6 is 0 Å². The fourth-order valence-electron chi connectivity index (χ4n) is 5.01. The van der Waals surface area contributed by atoms with Crippen LogP contribution in [0.25, 0.3) is 0 Å². The predicted molar refractivity (Wildman–Crippen MR) is 110 cm³/mol. The molecule has 9 heteroatoms. The van der Waals surface area contributed by atoms with Crippen LogP contribution < -0.4 is 10.6 Å². The minimum Gasteiger partial charge on any atom is -0.378 e. The third-order valence-electron chi connectivity index (χ3n) is 6.58. The highest BCUT2D eigenvalue weighted by atomic mass is 16.5. The van der Waals surface area contributed by atoms with Gasteiger partial charge in [-0.15, -0.1) is 0 Å². The first-order valence-corrected chi connectivity index (χ1v) is 10.9. The number of hydrogen-bond acceptors (Lipinski definition) is 7. The molecule has 1 aromatic rings. The smallest absolute Gasteiger partial charge is 0.255 e. The number of benzene rings is 1. The summed E-state index contributed by atoms with van der Waals surface area (Å²) in [5, 5.41) is 5.92. The Labute approximate surface area is 181 Å². The number of nitrogens with one attached hydrogen (secondary N) is 2. The van der Waals surface area contributed by atoms with Crippen molar-refractivity contribution in [2.75, 3.05) is 46.1 Å². The van der Waals surface area contributed by atoms with Gasteiger partial charge in [0, 0.05) is 44.7 Å². The molecule has 2 atom stereocenters. The molecule has 4 heterocycles. The number of fused-ring (bicyclic) bond motifs is 1. The third kappa shape index (κ3) is 4.10. The maximum Gasteiger partial charge on any atom is 0.255 e. The molecule has 2 N–H and O–H groups in total. The van der Waals surface area contributed by atoms with E-state index in [1.54, 1.807) is 4.90 Å². The van der Waals surface area contributed by atoms with Gasteiger partial charge in [-0.05, 0) is 23.6 Å². The summed E-state index contributed by atoms with van der Waals surface area (Å²) in [5.74, 6) is -0.788. The van der Waals surface area contributed by atoms with Gasteiger partial charge in [0.25, 0.3) is 5.91 Å². The number of carbonyl (C=O) groups excluding carboxylic acids is 3. The molecule has 0 aromatic heterocycles. The van der Waals surface area contributed by atoms with E-state index in [1.165, 1.54) is 0 Å². The lowest BCUT2D eigenvalue weighted by Crippen LogP contribution is -2.61. The van der Waals surface area contributed by atoms with Gasteiger partial charge >= 0.3 is 0 Å². The zero-order valence-corrected chi connectivity index (χ0v) is 17.5. The first kappa shape index (κ1) is 20.6. The van der Waals surface area contributed by atoms with Crippen LogP contribution in [0, 0.1) is 0 Å². The Kier molecular flexibility index (Phi) is 5.51. The molecule has 3 amide bonds. The average molecular weight is 428 g/mol. The second-order valence-corrected chi connectivity index (χ2v) is 8.91. The lowest BCUT2D eigenvalue weighted by molar-refractivity contribution is -0.136. The second kappa shape index (κ2) is 8.31. The number of ether oxygens (including phenoxy) is 2. The van der Waals surface area contributed by atoms with Crippen LogP contribution in [0.3, 0.4) is 0 Å². The molecule has 4 aliphatic rings. The van der Waals surface area contributed by atoms with Gasteiger partial charge in [0.05, 0.1) is 32.0 Å². The number of hydrogen-bond donors (Lipinski definition) is 2. The summed E-state index contributed by atoms with van der Waals surface area (Å²) in [5.41, 5.74) is 2.45. The van der Waals surface area contributed by atoms with Crippen molar-refractivity contribution in [3.8, 4) is 0 Å². The zero-order valence-electron chi connectivity index (χ0n) is 17.5. The Balaban J connectivity index is 1.29. The van der Waals surface area contributed by atoms with Crippen LogP contribution in [0.5, 0.6) is 0 Å². The summed E-state index contributed by atoms with van der Waals surface area (Å²) in [6.07, 6.45) is 0.639. The largest absolute Gasteiger partial charge is 0.378 e. The molecule has 31 heavy (non-hydrogen) atoms. The standard InChI is InChI=1S/C22H28N4O5/c27-19-4-3-18(20(28)24-19)26-11-16-2-1-15(9-17(16)21(26)29)10-25-6-8-31-14-22(12-25)13-30-7-5-23-22/h1-2,9,18,23H,3-8,10-14H2,(H,24,27,28). The first-order chi connectivity index (χ1) is 15.0. The quantitative estimate of drug-likeness (QED) is 0.634. The SMILES string of the molecule is O=C1CCC(N2Cc3ccc(CN4CCOCC5(COCCN5)C4)cc3C2=O)C(=O)N1. The molecule has 9 nitrogen and oxygen atoms in total. The molecule has 3 fully saturated rings. The molecule has 0 saturated carbocycles. The maximum atomic E-state index is 13.1. The van der Waals surface area contributed by atoms with E-state index in [4.69, 9.17) is 9.47 Å². The molecule has 1 spiro atoms. The topological polar surface area (TPSA) is 100 Å². The van der Waals surface area contributed by atoms with E-state index in [0.29, 0.717) is 44.9 Å². The van der Waals surface area contributed by atoms with Crippen molar-refractivity contribution in [2.24, 2.45) is 0 Å². The molecular formula is C22H28N4O5. The van der Waals surface area contributed by atoms with Crippen molar-refractivity contribution in [3.63, 3.8) is 0 Å². The molecule has 0 bridgehead atoms. The van der Waals surface area contributed by atoms with E-state index in [1.807, 2.05) is 12.1 Å². The molecule has 2 unspecified atom stereocenters. The highest BCUT2D eigenvalue weighted by Crippen LogP contribution is 2.29. The summed E-state index contributed by atoms with van der Waals surface area (Å²) in [4.78, 5) is 40.7. The molecule has 0 aliphatic carbocycles. The summed E-state index contributed by atoms with van der Waals surface area (Å²) in [6, 6.07) is 5.41. The Bertz CT molecular complexity index is 898. The number of nitrogens with zero attached hydrogens (tertiary/aromatic N) is 2. The van der Waals surface area contributed by atoms with Gasteiger partial charge in [-0.25, -0.2) is 0 Å². The third-order valence-corrected chi connectivity index (χ3v) is 6.58. The monoisotopic (exact) mass is 428 g/mol. The van der Waals surface area contributed by atoms with Crippen LogP contribution in [0.4, 0.5) is 0 Å². The van der Waals surface area contributed by atoms with Gasteiger partial charge in [0.1, 0.15) is 6.04 Å². The van der Waals surface area contributed by atoms with Gasteiger partial charge < -0.3 is 19.7 Å². The van der Waals surface area contributed by atoms with E-state index in [2.05, 4.69) is 21.6 Å². The van der Waals surface area contributed by atoms with Crippen molar-refractivity contribution >= 4 is 17.7 Å². The Morgan fingerprint density at radius 2 is 1.97 bits per heavy atom. The minimum absolute atomic E-state index is 0.135. The number of imide groups is 1. The van der Waals surface area contributed by atoms with E-state index >= 15 is 0 Å². The normalized spacial score (nSPS) is 29.7. The number of amides is 3. The fourth-order valence-corrected chi connectivity index (χ4v) is 5.01. The van der Waals surface area contributed by atoms with Crippen molar-refractivity contribution < 1.29 is 23.9 Å². The van der Waals surface area contributed by atoms with Crippen molar-refractivity contribution in [2.45, 2.75) is 37.5 Å². The predicted octanol–water partition coefficient (Wildman–Crippen LogP) is -0.362. The highest BCUT2D eigenvalue weighted by Gasteiger charge is 2.40. The van der Waals surface area contributed by atoms with Crippen LogP contribution in [-0.2, 0) is 32.2 Å². The Hall–Kier alpha value is -2.33. The lowest BCUT2D eigenvalue weighted by Gasteiger charge is -2.39. The number of rotatable bonds is 3. The van der Waals surface area contributed by atoms with E-state index in [0.717, 1.165) is 37.4 Å². The number of carbonyl (C=O) groups is 3. The van der Waals surface area contributed by atoms with Crippen LogP contribution in [-0.4, -0.2) is 85.2 Å². The molecule has 5 rings (SSSR count). The van der Waals surface area contributed by atoms with Gasteiger partial charge in [0.2, 0.25) is 11.8 Å². The summed E-state index contributed by atoms with van der Waals surface area (Å²) in [7, 11) is 0. The van der Waals surface area contributed by atoms with E-state index in [9.17, 15) is 14.4 Å². The van der Waals surface area contributed by atoms with Gasteiger partial charge in [-0.1, -0.05) is 12.1 Å². The molecular weight excluding hydrogens is 400 g/mol. The van der Waals surface area contributed by atoms with Crippen LogP contribution in [0.2, 0.25) is 0 Å². The molecule has 4 aliphatic heterocycles. The fraction of sp³-hybridized carbons (Fsp3) is 0.591. The maximum absolute atomic E-state index is 13.1. The van der Waals surface area contributed by atoms with Gasteiger partial charge in [-0.2, -0.15) is 0 Å². The number of piperidine rings is 1. The van der Waals surface area contributed by atoms with Crippen LogP contribution in [0.1, 0.15) is 34.3 Å². The Morgan fingerprint density at radius 3 is 2.77 bits per heavy atom. The minimum atomic E-state index is -0.582. The molecule has 1 aromatic carbocycles. The van der Waals surface area contributed by atoms with Crippen molar-refractivity contribution in [3.05, 3.63) is 34.9 Å². The van der Waals surface area contributed by atoms with Crippen LogP contribution in [0.15, 0.2) is 18.2 Å². The van der Waals surface area contributed by atoms with Crippen molar-refractivity contribution in [1.82, 2.24) is 20.4 Å². The molecule has 3 saturated heterocycles. The zero-order chi connectivity index (χ0) is 21.4. The highest BCUT2D eigenvalue weighted by molar-refractivity contribution is 6.05. The van der Waals surface area contributed by atoms with Gasteiger partial charge in [0.15, 0.2) is 0 Å². The summed E-state index contributed by atoms with van der Waals surface area (Å²) < 4.78 is 11.5. The van der Waals surface area contributed by atoms with Crippen molar-refractivity contribution in [1.29, 1.82) is 0 Å². The summed E-state index contributed by atoms with van der Waals surface area (Å²) in [6.45, 7) is 6.22. The first-order valence-electron chi connectivity index (χ1n) is 10.9. The molecule has 166 valence electrons. The second-order valence-electron chi connectivity index (χ2n) is 8.91. The molecule has 0 radical (unpaired) electrons. The van der Waals surface area contributed by atoms with E-state index < -0.39 is 6.04 Å². The summed E-state index contributed by atoms with van der Waals surface area (Å²) >= 11 is 0. The Morgan fingerprint density at radius 1 is 1.13 bits per heavy atom. The lowest BCUT2D eigenvalue weighted by atomic mass is 9.99. The van der Waals surface area contributed by atoms with E-state index in [-0.39, 0.29) is 29.7 Å². The number of morpholine rings is 1. The van der Waals surface area contributed by atoms with Gasteiger partial charge in [-0.3, -0.25) is 24.6 Å².